The molecular weight excluding hydrogens is 248 g/mol. The van der Waals surface area contributed by atoms with Crippen LogP contribution in [0, 0.1) is 0 Å². The van der Waals surface area contributed by atoms with Crippen molar-refractivity contribution in [2.24, 2.45) is 0 Å². The molecular formula is C14H23ClN2O. The summed E-state index contributed by atoms with van der Waals surface area (Å²) < 4.78 is 7.57. The average Bonchev–Trinajstić information content (AvgIpc) is 2.66. The fraction of sp³-hybridized carbons (Fsp3) is 0.786. The number of ether oxygens (including phenoxy) is 1. The van der Waals surface area contributed by atoms with Crippen molar-refractivity contribution in [1.82, 2.24) is 9.78 Å². The van der Waals surface area contributed by atoms with Crippen molar-refractivity contribution >= 4 is 11.6 Å². The first kappa shape index (κ1) is 13.7. The summed E-state index contributed by atoms with van der Waals surface area (Å²) in [6.07, 6.45) is 7.69. The highest BCUT2D eigenvalue weighted by Crippen LogP contribution is 2.38. The van der Waals surface area contributed by atoms with E-state index >= 15 is 0 Å². The van der Waals surface area contributed by atoms with Crippen LogP contribution in [0.4, 0.5) is 0 Å². The molecule has 2 unspecified atom stereocenters. The maximum Gasteiger partial charge on any atom is 0.160 e. The molecule has 0 aliphatic heterocycles. The molecule has 0 saturated heterocycles. The molecule has 0 N–H and O–H groups in total. The van der Waals surface area contributed by atoms with Crippen LogP contribution in [-0.2, 0) is 0 Å². The van der Waals surface area contributed by atoms with E-state index < -0.39 is 0 Å². The van der Waals surface area contributed by atoms with Gasteiger partial charge >= 0.3 is 0 Å². The van der Waals surface area contributed by atoms with Crippen molar-refractivity contribution < 1.29 is 4.74 Å². The lowest BCUT2D eigenvalue weighted by Gasteiger charge is -2.21. The molecule has 2 atom stereocenters. The van der Waals surface area contributed by atoms with Crippen molar-refractivity contribution in [2.45, 2.75) is 63.3 Å². The summed E-state index contributed by atoms with van der Waals surface area (Å²) in [5, 5.41) is 4.76. The van der Waals surface area contributed by atoms with Crippen molar-refractivity contribution in [1.29, 1.82) is 0 Å². The van der Waals surface area contributed by atoms with E-state index in [4.69, 9.17) is 16.3 Å². The van der Waals surface area contributed by atoms with Crippen molar-refractivity contribution in [3.8, 4) is 5.75 Å². The van der Waals surface area contributed by atoms with Gasteiger partial charge in [-0.1, -0.05) is 12.8 Å². The van der Waals surface area contributed by atoms with E-state index in [-0.39, 0.29) is 5.38 Å². The predicted molar refractivity (Wildman–Crippen MR) is 74.6 cm³/mol. The Morgan fingerprint density at radius 3 is 2.78 bits per heavy atom. The first-order chi connectivity index (χ1) is 8.63. The number of methoxy groups -OCH3 is 1. The van der Waals surface area contributed by atoms with Crippen LogP contribution in [-0.4, -0.2) is 22.3 Å². The van der Waals surface area contributed by atoms with Crippen LogP contribution in [0.25, 0.3) is 0 Å². The van der Waals surface area contributed by atoms with Gasteiger partial charge in [-0.25, -0.2) is 0 Å². The predicted octanol–water partition coefficient (Wildman–Crippen LogP) is 4.13. The number of rotatable bonds is 3. The third-order valence-electron chi connectivity index (χ3n) is 3.75. The lowest BCUT2D eigenvalue weighted by Crippen LogP contribution is -2.14. The molecule has 1 saturated carbocycles. The van der Waals surface area contributed by atoms with Gasteiger partial charge < -0.3 is 4.74 Å². The monoisotopic (exact) mass is 270 g/mol. The van der Waals surface area contributed by atoms with E-state index in [1.807, 2.05) is 6.20 Å². The first-order valence-corrected chi connectivity index (χ1v) is 7.32. The van der Waals surface area contributed by atoms with Crippen molar-refractivity contribution in [3.63, 3.8) is 0 Å². The lowest BCUT2D eigenvalue weighted by molar-refractivity contribution is 0.390. The Hall–Kier alpha value is -0.700. The van der Waals surface area contributed by atoms with Crippen LogP contribution in [0.1, 0.15) is 63.6 Å². The summed E-state index contributed by atoms with van der Waals surface area (Å²) >= 11 is 6.39. The van der Waals surface area contributed by atoms with Gasteiger partial charge in [-0.3, -0.25) is 4.68 Å². The van der Waals surface area contributed by atoms with Gasteiger partial charge in [0.15, 0.2) is 5.75 Å². The molecule has 0 radical (unpaired) electrons. The minimum absolute atomic E-state index is 0.290. The largest absolute Gasteiger partial charge is 0.493 e. The summed E-state index contributed by atoms with van der Waals surface area (Å²) in [6, 6.07) is 0.362. The van der Waals surface area contributed by atoms with Gasteiger partial charge in [-0.15, -0.1) is 11.6 Å². The summed E-state index contributed by atoms with van der Waals surface area (Å²) in [4.78, 5) is 0. The normalized spacial score (nSPS) is 25.2. The molecule has 0 aromatic carbocycles. The second kappa shape index (κ2) is 5.96. The molecule has 1 aliphatic rings. The maximum atomic E-state index is 6.39. The fourth-order valence-corrected chi connectivity index (χ4v) is 3.23. The third kappa shape index (κ3) is 2.82. The molecule has 3 nitrogen and oxygen atoms in total. The Labute approximate surface area is 114 Å². The van der Waals surface area contributed by atoms with E-state index in [9.17, 15) is 0 Å². The number of nitrogens with zero attached hydrogens (tertiary/aromatic N) is 2. The summed E-state index contributed by atoms with van der Waals surface area (Å²) in [7, 11) is 1.72. The molecule has 1 aliphatic carbocycles. The quantitative estimate of drug-likeness (QED) is 0.610. The fourth-order valence-electron chi connectivity index (χ4n) is 2.86. The van der Waals surface area contributed by atoms with Gasteiger partial charge in [0.05, 0.1) is 19.0 Å². The summed E-state index contributed by atoms with van der Waals surface area (Å²) in [5.41, 5.74) is 1.24. The SMILES string of the molecule is COc1cnn(C(C)C)c1C1CCCCC(Cl)C1. The molecule has 0 spiro atoms. The standard InChI is InChI=1S/C14H23ClN2O/c1-10(2)17-14(13(18-3)9-16-17)11-6-4-5-7-12(15)8-11/h9-12H,4-8H2,1-3H3. The highest BCUT2D eigenvalue weighted by Gasteiger charge is 2.27. The zero-order valence-electron chi connectivity index (χ0n) is 11.5. The van der Waals surface area contributed by atoms with Crippen LogP contribution in [0.15, 0.2) is 6.20 Å². The molecule has 0 bridgehead atoms. The number of alkyl halides is 1. The molecule has 0 amide bonds. The van der Waals surface area contributed by atoms with Crippen molar-refractivity contribution in [2.75, 3.05) is 7.11 Å². The number of halogens is 1. The van der Waals surface area contributed by atoms with Crippen LogP contribution < -0.4 is 4.74 Å². The average molecular weight is 271 g/mol. The minimum Gasteiger partial charge on any atom is -0.493 e. The van der Waals surface area contributed by atoms with Crippen molar-refractivity contribution in [3.05, 3.63) is 11.9 Å². The number of hydrogen-bond donors (Lipinski definition) is 0. The molecule has 102 valence electrons. The highest BCUT2D eigenvalue weighted by atomic mass is 35.5. The third-order valence-corrected chi connectivity index (χ3v) is 4.15. The van der Waals surface area contributed by atoms with E-state index in [0.29, 0.717) is 12.0 Å². The van der Waals surface area contributed by atoms with Gasteiger partial charge in [-0.2, -0.15) is 5.10 Å². The minimum atomic E-state index is 0.290. The van der Waals surface area contributed by atoms with Gasteiger partial charge in [0.2, 0.25) is 0 Å². The topological polar surface area (TPSA) is 27.1 Å². The van der Waals surface area contributed by atoms with Crippen LogP contribution >= 0.6 is 11.6 Å². The van der Waals surface area contributed by atoms with E-state index in [1.165, 1.54) is 25.0 Å². The van der Waals surface area contributed by atoms with E-state index in [1.54, 1.807) is 7.11 Å². The molecule has 1 aromatic rings. The number of hydrogen-bond acceptors (Lipinski definition) is 2. The zero-order chi connectivity index (χ0) is 13.1. The second-order valence-corrected chi connectivity index (χ2v) is 6.07. The second-order valence-electron chi connectivity index (χ2n) is 5.45. The van der Waals surface area contributed by atoms with E-state index in [0.717, 1.165) is 18.6 Å². The lowest BCUT2D eigenvalue weighted by atomic mass is 9.95. The van der Waals surface area contributed by atoms with E-state index in [2.05, 4.69) is 23.6 Å². The van der Waals surface area contributed by atoms with Gasteiger partial charge in [0.25, 0.3) is 0 Å². The zero-order valence-corrected chi connectivity index (χ0v) is 12.3. The van der Waals surface area contributed by atoms with Gasteiger partial charge in [-0.05, 0) is 33.1 Å². The van der Waals surface area contributed by atoms with Gasteiger partial charge in [0, 0.05) is 17.3 Å². The Balaban J connectivity index is 2.31. The Kier molecular flexibility index (Phi) is 4.55. The molecule has 1 fully saturated rings. The maximum absolute atomic E-state index is 6.39. The number of aromatic nitrogens is 2. The molecule has 2 rings (SSSR count). The molecule has 4 heteroatoms. The van der Waals surface area contributed by atoms with Crippen LogP contribution in [0.5, 0.6) is 5.75 Å². The summed E-state index contributed by atoms with van der Waals surface area (Å²) in [6.45, 7) is 4.32. The first-order valence-electron chi connectivity index (χ1n) is 6.89. The highest BCUT2D eigenvalue weighted by molar-refractivity contribution is 6.20. The molecule has 18 heavy (non-hydrogen) atoms. The molecule has 1 heterocycles. The molecule has 1 aromatic heterocycles. The van der Waals surface area contributed by atoms with Crippen LogP contribution in [0.2, 0.25) is 0 Å². The Morgan fingerprint density at radius 1 is 1.39 bits per heavy atom. The Bertz CT molecular complexity index is 389. The smallest absolute Gasteiger partial charge is 0.160 e. The summed E-state index contributed by atoms with van der Waals surface area (Å²) in [5.74, 6) is 1.40. The van der Waals surface area contributed by atoms with Gasteiger partial charge in [0.1, 0.15) is 0 Å². The van der Waals surface area contributed by atoms with Crippen LogP contribution in [0.3, 0.4) is 0 Å². The Morgan fingerprint density at radius 2 is 2.11 bits per heavy atom.